The normalized spacial score (nSPS) is 18.6. The number of hydrogen-bond acceptors (Lipinski definition) is 3. The molecule has 2 N–H and O–H groups in total. The molecule has 1 aromatic rings. The Labute approximate surface area is 96.2 Å². The summed E-state index contributed by atoms with van der Waals surface area (Å²) in [6.45, 7) is 2.41. The summed E-state index contributed by atoms with van der Waals surface area (Å²) in [7, 11) is 0. The van der Waals surface area contributed by atoms with Gasteiger partial charge in [0.05, 0.1) is 6.54 Å². The third kappa shape index (κ3) is 2.90. The first kappa shape index (κ1) is 11.3. The summed E-state index contributed by atoms with van der Waals surface area (Å²) in [6, 6.07) is 9.80. The van der Waals surface area contributed by atoms with Crippen LogP contribution in [0.5, 0.6) is 0 Å². The molecule has 3 nitrogen and oxygen atoms in total. The highest BCUT2D eigenvalue weighted by atomic mass is 16.1. The molecule has 0 saturated carbocycles. The van der Waals surface area contributed by atoms with Crippen LogP contribution in [-0.2, 0) is 0 Å². The maximum absolute atomic E-state index is 11.9. The van der Waals surface area contributed by atoms with Crippen LogP contribution in [0.15, 0.2) is 30.3 Å². The first-order valence-corrected chi connectivity index (χ1v) is 5.82. The van der Waals surface area contributed by atoms with E-state index in [2.05, 4.69) is 4.90 Å². The highest BCUT2D eigenvalue weighted by molar-refractivity contribution is 5.97. The van der Waals surface area contributed by atoms with Gasteiger partial charge in [0.2, 0.25) is 0 Å². The van der Waals surface area contributed by atoms with E-state index in [1.807, 2.05) is 30.3 Å². The number of carbonyl (C=O) groups excluding carboxylic acids is 1. The Kier molecular flexibility index (Phi) is 3.70. The molecule has 0 bridgehead atoms. The molecule has 1 heterocycles. The van der Waals surface area contributed by atoms with Gasteiger partial charge in [0.15, 0.2) is 5.78 Å². The summed E-state index contributed by atoms with van der Waals surface area (Å²) >= 11 is 0. The first-order chi connectivity index (χ1) is 7.75. The fourth-order valence-corrected chi connectivity index (χ4v) is 2.03. The van der Waals surface area contributed by atoms with Gasteiger partial charge in [-0.3, -0.25) is 9.69 Å². The van der Waals surface area contributed by atoms with Crippen LogP contribution in [0.2, 0.25) is 0 Å². The van der Waals surface area contributed by atoms with Crippen molar-refractivity contribution in [2.45, 2.75) is 18.9 Å². The van der Waals surface area contributed by atoms with E-state index in [0.29, 0.717) is 12.6 Å². The Hall–Kier alpha value is -1.19. The number of nitrogens with zero attached hydrogens (tertiary/aromatic N) is 1. The highest BCUT2D eigenvalue weighted by Crippen LogP contribution is 2.09. The van der Waals surface area contributed by atoms with E-state index in [9.17, 15) is 4.79 Å². The molecule has 1 aromatic carbocycles. The summed E-state index contributed by atoms with van der Waals surface area (Å²) in [5.41, 5.74) is 6.63. The number of nitrogens with two attached hydrogens (primary N) is 1. The predicted molar refractivity (Wildman–Crippen MR) is 64.4 cm³/mol. The molecule has 0 spiro atoms. The molecule has 0 aliphatic carbocycles. The van der Waals surface area contributed by atoms with Crippen LogP contribution in [0.25, 0.3) is 0 Å². The molecule has 1 saturated heterocycles. The van der Waals surface area contributed by atoms with Gasteiger partial charge in [-0.2, -0.15) is 0 Å². The zero-order valence-electron chi connectivity index (χ0n) is 9.43. The number of piperidine rings is 1. The molecule has 1 aliphatic heterocycles. The van der Waals surface area contributed by atoms with Crippen LogP contribution in [-0.4, -0.2) is 36.4 Å². The molecule has 1 aliphatic rings. The molecule has 0 unspecified atom stereocenters. The monoisotopic (exact) mass is 218 g/mol. The van der Waals surface area contributed by atoms with Crippen molar-refractivity contribution in [3.05, 3.63) is 35.9 Å². The van der Waals surface area contributed by atoms with Crippen LogP contribution in [0, 0.1) is 0 Å². The quantitative estimate of drug-likeness (QED) is 0.778. The van der Waals surface area contributed by atoms with E-state index in [1.165, 1.54) is 0 Å². The number of likely N-dealkylation sites (tertiary alicyclic amines) is 1. The highest BCUT2D eigenvalue weighted by Gasteiger charge is 2.18. The van der Waals surface area contributed by atoms with Crippen LogP contribution < -0.4 is 5.73 Å². The zero-order chi connectivity index (χ0) is 11.4. The molecule has 86 valence electrons. The third-order valence-electron chi connectivity index (χ3n) is 3.10. The minimum atomic E-state index is 0.205. The second-order valence-corrected chi connectivity index (χ2v) is 4.40. The minimum absolute atomic E-state index is 0.205. The summed E-state index contributed by atoms with van der Waals surface area (Å²) in [4.78, 5) is 14.1. The van der Waals surface area contributed by atoms with Gasteiger partial charge in [-0.1, -0.05) is 30.3 Å². The van der Waals surface area contributed by atoms with Gasteiger partial charge in [0.25, 0.3) is 0 Å². The smallest absolute Gasteiger partial charge is 0.176 e. The third-order valence-corrected chi connectivity index (χ3v) is 3.10. The SMILES string of the molecule is NC1CCN(CC(=O)c2ccccc2)CC1. The molecule has 16 heavy (non-hydrogen) atoms. The number of ketones is 1. The predicted octanol–water partition coefficient (Wildman–Crippen LogP) is 1.29. The fraction of sp³-hybridized carbons (Fsp3) is 0.462. The van der Waals surface area contributed by atoms with Crippen LogP contribution in [0.3, 0.4) is 0 Å². The number of carbonyl (C=O) groups is 1. The minimum Gasteiger partial charge on any atom is -0.328 e. The molecule has 2 rings (SSSR count). The van der Waals surface area contributed by atoms with Crippen molar-refractivity contribution in [1.29, 1.82) is 0 Å². The van der Waals surface area contributed by atoms with Gasteiger partial charge >= 0.3 is 0 Å². The maximum Gasteiger partial charge on any atom is 0.176 e. The van der Waals surface area contributed by atoms with Crippen molar-refractivity contribution in [2.24, 2.45) is 5.73 Å². The molecule has 0 aromatic heterocycles. The van der Waals surface area contributed by atoms with Crippen molar-refractivity contribution in [1.82, 2.24) is 4.90 Å². The topological polar surface area (TPSA) is 46.3 Å². The lowest BCUT2D eigenvalue weighted by Gasteiger charge is -2.29. The van der Waals surface area contributed by atoms with Crippen LogP contribution in [0.1, 0.15) is 23.2 Å². The molecule has 0 atom stereocenters. The number of hydrogen-bond donors (Lipinski definition) is 1. The van der Waals surface area contributed by atoms with E-state index in [0.717, 1.165) is 31.5 Å². The molecule has 3 heteroatoms. The number of Topliss-reactive ketones (excluding diaryl/α,β-unsaturated/α-hetero) is 1. The molecular formula is C13H18N2O. The van der Waals surface area contributed by atoms with Gasteiger partial charge in [-0.25, -0.2) is 0 Å². The fourth-order valence-electron chi connectivity index (χ4n) is 2.03. The second-order valence-electron chi connectivity index (χ2n) is 4.40. The Morgan fingerprint density at radius 1 is 1.25 bits per heavy atom. The Balaban J connectivity index is 1.88. The molecule has 0 amide bonds. The van der Waals surface area contributed by atoms with Crippen molar-refractivity contribution < 1.29 is 4.79 Å². The van der Waals surface area contributed by atoms with E-state index in [4.69, 9.17) is 5.73 Å². The first-order valence-electron chi connectivity index (χ1n) is 5.82. The molecule has 0 radical (unpaired) electrons. The van der Waals surface area contributed by atoms with Gasteiger partial charge in [0.1, 0.15) is 0 Å². The zero-order valence-corrected chi connectivity index (χ0v) is 9.43. The second kappa shape index (κ2) is 5.23. The van der Waals surface area contributed by atoms with Crippen LogP contribution in [0.4, 0.5) is 0 Å². The lowest BCUT2D eigenvalue weighted by atomic mass is 10.0. The summed E-state index contributed by atoms with van der Waals surface area (Å²) < 4.78 is 0. The standard InChI is InChI=1S/C13H18N2O/c14-12-6-8-15(9-7-12)10-13(16)11-4-2-1-3-5-11/h1-5,12H,6-10,14H2. The van der Waals surface area contributed by atoms with Crippen molar-refractivity contribution >= 4 is 5.78 Å². The Morgan fingerprint density at radius 2 is 1.88 bits per heavy atom. The summed E-state index contributed by atoms with van der Waals surface area (Å²) in [6.07, 6.45) is 2.00. The average molecular weight is 218 g/mol. The van der Waals surface area contributed by atoms with Gasteiger partial charge in [0, 0.05) is 24.7 Å². The van der Waals surface area contributed by atoms with Crippen LogP contribution >= 0.6 is 0 Å². The van der Waals surface area contributed by atoms with Gasteiger partial charge < -0.3 is 5.73 Å². The van der Waals surface area contributed by atoms with E-state index < -0.39 is 0 Å². The molecule has 1 fully saturated rings. The van der Waals surface area contributed by atoms with E-state index in [-0.39, 0.29) is 5.78 Å². The lowest BCUT2D eigenvalue weighted by molar-refractivity contribution is 0.0910. The van der Waals surface area contributed by atoms with Crippen molar-refractivity contribution in [3.63, 3.8) is 0 Å². The Bertz CT molecular complexity index is 342. The van der Waals surface area contributed by atoms with Gasteiger partial charge in [-0.05, 0) is 12.8 Å². The van der Waals surface area contributed by atoms with Crippen molar-refractivity contribution in [3.8, 4) is 0 Å². The summed E-state index contributed by atoms with van der Waals surface area (Å²) in [5, 5.41) is 0. The van der Waals surface area contributed by atoms with Gasteiger partial charge in [-0.15, -0.1) is 0 Å². The lowest BCUT2D eigenvalue weighted by Crippen LogP contribution is -2.41. The number of rotatable bonds is 3. The van der Waals surface area contributed by atoms with Crippen molar-refractivity contribution in [2.75, 3.05) is 19.6 Å². The summed E-state index contributed by atoms with van der Waals surface area (Å²) in [5.74, 6) is 0.205. The molecular weight excluding hydrogens is 200 g/mol. The number of benzene rings is 1. The average Bonchev–Trinajstić information content (AvgIpc) is 2.33. The largest absolute Gasteiger partial charge is 0.328 e. The maximum atomic E-state index is 11.9. The van der Waals surface area contributed by atoms with E-state index in [1.54, 1.807) is 0 Å². The van der Waals surface area contributed by atoms with E-state index >= 15 is 0 Å². The Morgan fingerprint density at radius 3 is 2.50 bits per heavy atom.